The number of halogens is 1. The summed E-state index contributed by atoms with van der Waals surface area (Å²) in [6.07, 6.45) is 2.09. The zero-order chi connectivity index (χ0) is 13.9. The van der Waals surface area contributed by atoms with Gasteiger partial charge in [-0.25, -0.2) is 8.42 Å². The van der Waals surface area contributed by atoms with Crippen LogP contribution in [0.25, 0.3) is 0 Å². The molecule has 0 amide bonds. The van der Waals surface area contributed by atoms with Crippen LogP contribution in [0.4, 0.5) is 5.69 Å². The van der Waals surface area contributed by atoms with Crippen molar-refractivity contribution < 1.29 is 8.42 Å². The molecular formula is C14H20ClNO2S. The summed E-state index contributed by atoms with van der Waals surface area (Å²) in [5.41, 5.74) is 0.849. The Bertz CT molecular complexity index is 530. The van der Waals surface area contributed by atoms with Crippen molar-refractivity contribution in [3.8, 4) is 0 Å². The van der Waals surface area contributed by atoms with Crippen molar-refractivity contribution >= 4 is 27.1 Å². The molecule has 2 rings (SSSR count). The van der Waals surface area contributed by atoms with Crippen LogP contribution in [0.1, 0.15) is 19.8 Å². The molecule has 0 spiro atoms. The van der Waals surface area contributed by atoms with Crippen LogP contribution in [0.5, 0.6) is 0 Å². The molecule has 106 valence electrons. The van der Waals surface area contributed by atoms with E-state index >= 15 is 0 Å². The SMILES string of the molecule is CCS(=O)(=O)c1ccccc1N1CCC(CCCl)C1. The second kappa shape index (κ2) is 6.14. The van der Waals surface area contributed by atoms with Gasteiger partial charge in [-0.15, -0.1) is 11.6 Å². The Balaban J connectivity index is 2.27. The third-order valence-corrected chi connectivity index (χ3v) is 5.72. The van der Waals surface area contributed by atoms with Gasteiger partial charge in [0.05, 0.1) is 16.3 Å². The van der Waals surface area contributed by atoms with Crippen LogP contribution in [-0.4, -0.2) is 33.1 Å². The monoisotopic (exact) mass is 301 g/mol. The van der Waals surface area contributed by atoms with E-state index < -0.39 is 9.84 Å². The smallest absolute Gasteiger partial charge is 0.180 e. The van der Waals surface area contributed by atoms with Crippen LogP contribution >= 0.6 is 11.6 Å². The van der Waals surface area contributed by atoms with Gasteiger partial charge in [0.2, 0.25) is 0 Å². The lowest BCUT2D eigenvalue weighted by atomic mass is 10.1. The molecule has 0 saturated carbocycles. The first kappa shape index (κ1) is 14.7. The van der Waals surface area contributed by atoms with E-state index in [0.29, 0.717) is 16.7 Å². The average Bonchev–Trinajstić information content (AvgIpc) is 2.88. The Morgan fingerprint density at radius 2 is 2.11 bits per heavy atom. The third-order valence-electron chi connectivity index (χ3n) is 3.72. The van der Waals surface area contributed by atoms with Crippen molar-refractivity contribution in [1.29, 1.82) is 0 Å². The summed E-state index contributed by atoms with van der Waals surface area (Å²) in [6, 6.07) is 7.31. The van der Waals surface area contributed by atoms with E-state index in [1.807, 2.05) is 12.1 Å². The van der Waals surface area contributed by atoms with Crippen molar-refractivity contribution in [2.45, 2.75) is 24.7 Å². The molecule has 1 aromatic carbocycles. The lowest BCUT2D eigenvalue weighted by Crippen LogP contribution is -2.22. The minimum atomic E-state index is -3.16. The summed E-state index contributed by atoms with van der Waals surface area (Å²) in [5.74, 6) is 1.39. The lowest BCUT2D eigenvalue weighted by Gasteiger charge is -2.21. The summed E-state index contributed by atoms with van der Waals surface area (Å²) in [4.78, 5) is 2.64. The molecule has 1 fully saturated rings. The minimum Gasteiger partial charge on any atom is -0.370 e. The Hall–Kier alpha value is -0.740. The molecule has 1 aliphatic rings. The predicted octanol–water partition coefficient (Wildman–Crippen LogP) is 2.94. The van der Waals surface area contributed by atoms with E-state index in [1.54, 1.807) is 19.1 Å². The summed E-state index contributed by atoms with van der Waals surface area (Å²) in [7, 11) is -3.16. The van der Waals surface area contributed by atoms with Crippen molar-refractivity contribution in [2.24, 2.45) is 5.92 Å². The van der Waals surface area contributed by atoms with Crippen molar-refractivity contribution in [1.82, 2.24) is 0 Å². The second-order valence-corrected chi connectivity index (χ2v) is 7.57. The van der Waals surface area contributed by atoms with E-state index in [9.17, 15) is 8.42 Å². The number of rotatable bonds is 5. The highest BCUT2D eigenvalue weighted by Gasteiger charge is 2.26. The van der Waals surface area contributed by atoms with Crippen molar-refractivity contribution in [3.63, 3.8) is 0 Å². The first-order valence-corrected chi connectivity index (χ1v) is 8.90. The molecule has 0 bridgehead atoms. The van der Waals surface area contributed by atoms with Crippen molar-refractivity contribution in [3.05, 3.63) is 24.3 Å². The largest absolute Gasteiger partial charge is 0.370 e. The van der Waals surface area contributed by atoms with Gasteiger partial charge in [-0.1, -0.05) is 19.1 Å². The Labute approximate surface area is 120 Å². The first-order valence-electron chi connectivity index (χ1n) is 6.71. The molecule has 1 heterocycles. The van der Waals surface area contributed by atoms with Crippen molar-refractivity contribution in [2.75, 3.05) is 29.6 Å². The number of benzene rings is 1. The molecule has 0 aromatic heterocycles. The molecule has 3 nitrogen and oxygen atoms in total. The molecule has 1 aliphatic heterocycles. The van der Waals surface area contributed by atoms with Crippen LogP contribution in [0.3, 0.4) is 0 Å². The normalized spacial score (nSPS) is 19.9. The van der Waals surface area contributed by atoms with Gasteiger partial charge in [0.25, 0.3) is 0 Å². The fourth-order valence-corrected chi connectivity index (χ4v) is 4.00. The number of nitrogens with zero attached hydrogens (tertiary/aromatic N) is 1. The Kier molecular flexibility index (Phi) is 4.74. The van der Waals surface area contributed by atoms with Gasteiger partial charge in [-0.2, -0.15) is 0 Å². The molecule has 5 heteroatoms. The minimum absolute atomic E-state index is 0.142. The topological polar surface area (TPSA) is 37.4 Å². The standard InChI is InChI=1S/C14H20ClNO2S/c1-2-19(17,18)14-6-4-3-5-13(14)16-10-8-12(11-16)7-9-15/h3-6,12H,2,7-11H2,1H3. The fraction of sp³-hybridized carbons (Fsp3) is 0.571. The average molecular weight is 302 g/mol. The van der Waals surface area contributed by atoms with Gasteiger partial charge in [0.1, 0.15) is 0 Å². The Morgan fingerprint density at radius 3 is 2.79 bits per heavy atom. The number of anilines is 1. The van der Waals surface area contributed by atoms with E-state index in [1.165, 1.54) is 0 Å². The highest BCUT2D eigenvalue weighted by atomic mass is 35.5. The number of alkyl halides is 1. The molecule has 1 atom stereocenters. The molecular weight excluding hydrogens is 282 g/mol. The van der Waals surface area contributed by atoms with E-state index in [0.717, 1.165) is 31.6 Å². The number of hydrogen-bond donors (Lipinski definition) is 0. The summed E-state index contributed by atoms with van der Waals surface area (Å²) < 4.78 is 24.3. The molecule has 0 radical (unpaired) electrons. The molecule has 1 unspecified atom stereocenters. The van der Waals surface area contributed by atoms with Gasteiger partial charge in [-0.05, 0) is 30.9 Å². The van der Waals surface area contributed by atoms with Gasteiger partial charge >= 0.3 is 0 Å². The van der Waals surface area contributed by atoms with E-state index in [4.69, 9.17) is 11.6 Å². The second-order valence-electron chi connectivity index (χ2n) is 4.95. The van der Waals surface area contributed by atoms with Gasteiger partial charge in [0.15, 0.2) is 9.84 Å². The van der Waals surface area contributed by atoms with Gasteiger partial charge in [0, 0.05) is 19.0 Å². The highest BCUT2D eigenvalue weighted by Crippen LogP contribution is 2.31. The van der Waals surface area contributed by atoms with Crippen LogP contribution in [0.15, 0.2) is 29.2 Å². The van der Waals surface area contributed by atoms with Crippen LogP contribution in [-0.2, 0) is 9.84 Å². The number of hydrogen-bond acceptors (Lipinski definition) is 3. The van der Waals surface area contributed by atoms with Crippen LogP contribution < -0.4 is 4.90 Å². The first-order chi connectivity index (χ1) is 9.08. The lowest BCUT2D eigenvalue weighted by molar-refractivity contribution is 0.572. The molecule has 0 N–H and O–H groups in total. The molecule has 0 aliphatic carbocycles. The predicted molar refractivity (Wildman–Crippen MR) is 79.8 cm³/mol. The fourth-order valence-electron chi connectivity index (χ4n) is 2.58. The molecule has 1 saturated heterocycles. The zero-order valence-electron chi connectivity index (χ0n) is 11.2. The molecule has 1 aromatic rings. The Morgan fingerprint density at radius 1 is 1.37 bits per heavy atom. The molecule has 19 heavy (non-hydrogen) atoms. The highest BCUT2D eigenvalue weighted by molar-refractivity contribution is 7.91. The van der Waals surface area contributed by atoms with Gasteiger partial charge < -0.3 is 4.90 Å². The van der Waals surface area contributed by atoms with Gasteiger partial charge in [-0.3, -0.25) is 0 Å². The van der Waals surface area contributed by atoms with E-state index in [-0.39, 0.29) is 5.75 Å². The zero-order valence-corrected chi connectivity index (χ0v) is 12.8. The summed E-state index contributed by atoms with van der Waals surface area (Å²) in [6.45, 7) is 3.51. The quantitative estimate of drug-likeness (QED) is 0.785. The third kappa shape index (κ3) is 3.23. The van der Waals surface area contributed by atoms with E-state index in [2.05, 4.69) is 4.90 Å². The maximum atomic E-state index is 12.1. The number of sulfone groups is 1. The maximum absolute atomic E-state index is 12.1. The number of para-hydroxylation sites is 1. The summed E-state index contributed by atoms with van der Waals surface area (Å²) in [5, 5.41) is 0. The van der Waals surface area contributed by atoms with Crippen LogP contribution in [0, 0.1) is 5.92 Å². The van der Waals surface area contributed by atoms with Crippen LogP contribution in [0.2, 0.25) is 0 Å². The maximum Gasteiger partial charge on any atom is 0.180 e. The summed E-state index contributed by atoms with van der Waals surface area (Å²) >= 11 is 5.79.